The summed E-state index contributed by atoms with van der Waals surface area (Å²) in [5, 5.41) is 0. The lowest BCUT2D eigenvalue weighted by atomic mass is 9.79. The van der Waals surface area contributed by atoms with Crippen LogP contribution in [-0.2, 0) is 0 Å². The molecule has 2 aromatic rings. The Kier molecular flexibility index (Phi) is 3.39. The van der Waals surface area contributed by atoms with E-state index in [1.807, 2.05) is 6.07 Å². The Balaban J connectivity index is 1.97. The van der Waals surface area contributed by atoms with Gasteiger partial charge in [-0.3, -0.25) is 0 Å². The first-order chi connectivity index (χ1) is 8.78. The van der Waals surface area contributed by atoms with Crippen molar-refractivity contribution in [3.8, 4) is 0 Å². The highest BCUT2D eigenvalue weighted by atomic mass is 79.9. The molecule has 0 radical (unpaired) electrons. The summed E-state index contributed by atoms with van der Waals surface area (Å²) >= 11 is 3.50. The number of aromatic amines is 1. The fourth-order valence-corrected chi connectivity index (χ4v) is 3.39. The van der Waals surface area contributed by atoms with Gasteiger partial charge in [-0.1, -0.05) is 28.8 Å². The van der Waals surface area contributed by atoms with Gasteiger partial charge in [0.2, 0.25) is 0 Å². The average molecular weight is 308 g/mol. The van der Waals surface area contributed by atoms with Crippen molar-refractivity contribution in [1.82, 2.24) is 9.97 Å². The molecule has 18 heavy (non-hydrogen) atoms. The summed E-state index contributed by atoms with van der Waals surface area (Å²) in [6, 6.07) is 6.18. The maximum Gasteiger partial charge on any atom is 0.110 e. The summed E-state index contributed by atoms with van der Waals surface area (Å²) in [7, 11) is 0. The fraction of sp³-hybridized carbons (Fsp3) is 0.500. The van der Waals surface area contributed by atoms with Gasteiger partial charge in [0.05, 0.1) is 11.0 Å². The quantitative estimate of drug-likeness (QED) is 0.891. The predicted molar refractivity (Wildman–Crippen MR) is 77.5 cm³/mol. The van der Waals surface area contributed by atoms with Crippen LogP contribution in [0, 0.1) is 5.92 Å². The molecule has 3 rings (SSSR count). The first-order valence-electron chi connectivity index (χ1n) is 6.63. The molecule has 3 N–H and O–H groups in total. The minimum Gasteiger partial charge on any atom is -0.342 e. The van der Waals surface area contributed by atoms with E-state index in [2.05, 4.69) is 33.0 Å². The summed E-state index contributed by atoms with van der Waals surface area (Å²) in [6.07, 6.45) is 5.05. The third-order valence-electron chi connectivity index (χ3n) is 4.03. The predicted octanol–water partition coefficient (Wildman–Crippen LogP) is 3.56. The summed E-state index contributed by atoms with van der Waals surface area (Å²) in [4.78, 5) is 8.22. The summed E-state index contributed by atoms with van der Waals surface area (Å²) in [5.41, 5.74) is 8.06. The molecule has 0 bridgehead atoms. The van der Waals surface area contributed by atoms with Gasteiger partial charge in [0, 0.05) is 10.4 Å². The molecule has 1 fully saturated rings. The van der Waals surface area contributed by atoms with Gasteiger partial charge in [-0.25, -0.2) is 4.98 Å². The third kappa shape index (κ3) is 2.19. The number of nitrogens with two attached hydrogens (primary N) is 1. The highest BCUT2D eigenvalue weighted by Crippen LogP contribution is 2.36. The van der Waals surface area contributed by atoms with Crippen LogP contribution in [0.4, 0.5) is 0 Å². The number of nitrogens with zero attached hydrogens (tertiary/aromatic N) is 1. The number of rotatable bonds is 2. The van der Waals surface area contributed by atoms with Crippen molar-refractivity contribution in [3.63, 3.8) is 0 Å². The zero-order valence-corrected chi connectivity index (χ0v) is 11.9. The van der Waals surface area contributed by atoms with Crippen LogP contribution in [0.5, 0.6) is 0 Å². The van der Waals surface area contributed by atoms with E-state index in [-0.39, 0.29) is 0 Å². The smallest absolute Gasteiger partial charge is 0.110 e. The molecular formula is C14H18BrN3. The van der Waals surface area contributed by atoms with E-state index in [0.717, 1.165) is 27.9 Å². The zero-order chi connectivity index (χ0) is 12.5. The topological polar surface area (TPSA) is 54.7 Å². The minimum atomic E-state index is 0.509. The van der Waals surface area contributed by atoms with Crippen molar-refractivity contribution in [1.29, 1.82) is 0 Å². The highest BCUT2D eigenvalue weighted by molar-refractivity contribution is 9.10. The Morgan fingerprint density at radius 1 is 1.33 bits per heavy atom. The van der Waals surface area contributed by atoms with E-state index in [0.29, 0.717) is 11.8 Å². The largest absolute Gasteiger partial charge is 0.342 e. The van der Waals surface area contributed by atoms with Crippen molar-refractivity contribution in [2.45, 2.75) is 31.6 Å². The second-order valence-corrected chi connectivity index (χ2v) is 6.09. The van der Waals surface area contributed by atoms with Crippen molar-refractivity contribution in [2.24, 2.45) is 11.7 Å². The molecule has 2 unspecified atom stereocenters. The summed E-state index contributed by atoms with van der Waals surface area (Å²) in [6.45, 7) is 0.769. The Labute approximate surface area is 115 Å². The number of benzene rings is 1. The number of H-pyrrole nitrogens is 1. The molecule has 96 valence electrons. The first kappa shape index (κ1) is 12.2. The van der Waals surface area contributed by atoms with Gasteiger partial charge in [-0.15, -0.1) is 0 Å². The van der Waals surface area contributed by atoms with E-state index in [4.69, 9.17) is 10.7 Å². The molecular weight excluding hydrogens is 290 g/mol. The molecule has 0 spiro atoms. The molecule has 1 aliphatic carbocycles. The average Bonchev–Trinajstić information content (AvgIpc) is 2.81. The molecule has 1 aliphatic rings. The van der Waals surface area contributed by atoms with Crippen LogP contribution in [0.25, 0.3) is 11.0 Å². The van der Waals surface area contributed by atoms with Crippen LogP contribution in [0.3, 0.4) is 0 Å². The molecule has 1 aromatic carbocycles. The van der Waals surface area contributed by atoms with Crippen molar-refractivity contribution in [2.75, 3.05) is 6.54 Å². The molecule has 1 aromatic heterocycles. The molecule has 0 amide bonds. The second-order valence-electron chi connectivity index (χ2n) is 5.17. The maximum atomic E-state index is 5.90. The third-order valence-corrected chi connectivity index (χ3v) is 4.52. The van der Waals surface area contributed by atoms with Gasteiger partial charge in [-0.2, -0.15) is 0 Å². The molecule has 0 aliphatic heterocycles. The normalized spacial score (nSPS) is 24.6. The van der Waals surface area contributed by atoms with Crippen molar-refractivity contribution >= 4 is 27.0 Å². The molecule has 0 saturated heterocycles. The van der Waals surface area contributed by atoms with E-state index >= 15 is 0 Å². The SMILES string of the molecule is NCC1CCCCC1c1nc2ccc(Br)cc2[nH]1. The summed E-state index contributed by atoms with van der Waals surface area (Å²) in [5.74, 6) is 2.22. The van der Waals surface area contributed by atoms with E-state index < -0.39 is 0 Å². The standard InChI is InChI=1S/C14H18BrN3/c15-10-5-6-12-13(7-10)18-14(17-12)11-4-2-1-3-9(11)8-16/h5-7,9,11H,1-4,8,16H2,(H,17,18). The van der Waals surface area contributed by atoms with Gasteiger partial charge in [-0.05, 0) is 43.5 Å². The maximum absolute atomic E-state index is 5.90. The lowest BCUT2D eigenvalue weighted by molar-refractivity contribution is 0.306. The fourth-order valence-electron chi connectivity index (χ4n) is 3.03. The van der Waals surface area contributed by atoms with Crippen LogP contribution >= 0.6 is 15.9 Å². The Morgan fingerprint density at radius 3 is 3.00 bits per heavy atom. The zero-order valence-electron chi connectivity index (χ0n) is 10.3. The van der Waals surface area contributed by atoms with Gasteiger partial charge >= 0.3 is 0 Å². The Bertz CT molecular complexity index is 549. The van der Waals surface area contributed by atoms with E-state index in [1.165, 1.54) is 25.7 Å². The number of aromatic nitrogens is 2. The van der Waals surface area contributed by atoms with Crippen LogP contribution in [0.2, 0.25) is 0 Å². The molecule has 1 saturated carbocycles. The van der Waals surface area contributed by atoms with Crippen LogP contribution in [0.1, 0.15) is 37.4 Å². The highest BCUT2D eigenvalue weighted by Gasteiger charge is 2.27. The van der Waals surface area contributed by atoms with Gasteiger partial charge in [0.25, 0.3) is 0 Å². The molecule has 2 atom stereocenters. The Morgan fingerprint density at radius 2 is 2.17 bits per heavy atom. The first-order valence-corrected chi connectivity index (χ1v) is 7.42. The molecule has 1 heterocycles. The lowest BCUT2D eigenvalue weighted by Gasteiger charge is -2.28. The number of hydrogen-bond acceptors (Lipinski definition) is 2. The van der Waals surface area contributed by atoms with Crippen molar-refractivity contribution < 1.29 is 0 Å². The molecule has 3 nitrogen and oxygen atoms in total. The van der Waals surface area contributed by atoms with Crippen LogP contribution in [0.15, 0.2) is 22.7 Å². The van der Waals surface area contributed by atoms with E-state index in [9.17, 15) is 0 Å². The van der Waals surface area contributed by atoms with Crippen LogP contribution in [-0.4, -0.2) is 16.5 Å². The lowest BCUT2D eigenvalue weighted by Crippen LogP contribution is -2.25. The van der Waals surface area contributed by atoms with Gasteiger partial charge in [0.1, 0.15) is 5.82 Å². The number of halogens is 1. The molecule has 4 heteroatoms. The number of hydrogen-bond donors (Lipinski definition) is 2. The number of imidazole rings is 1. The summed E-state index contributed by atoms with van der Waals surface area (Å²) < 4.78 is 1.09. The second kappa shape index (κ2) is 5.02. The monoisotopic (exact) mass is 307 g/mol. The van der Waals surface area contributed by atoms with Crippen molar-refractivity contribution in [3.05, 3.63) is 28.5 Å². The number of fused-ring (bicyclic) bond motifs is 1. The Hall–Kier alpha value is -0.870. The van der Waals surface area contributed by atoms with Gasteiger partial charge in [0.15, 0.2) is 0 Å². The van der Waals surface area contributed by atoms with E-state index in [1.54, 1.807) is 0 Å². The van der Waals surface area contributed by atoms with Crippen LogP contribution < -0.4 is 5.73 Å². The van der Waals surface area contributed by atoms with Gasteiger partial charge < -0.3 is 10.7 Å². The number of nitrogens with one attached hydrogen (secondary N) is 1. The minimum absolute atomic E-state index is 0.509.